The molecule has 6 heteroatoms. The summed E-state index contributed by atoms with van der Waals surface area (Å²) in [7, 11) is 0. The van der Waals surface area contributed by atoms with Crippen molar-refractivity contribution in [3.05, 3.63) is 59.4 Å². The Morgan fingerprint density at radius 1 is 1.10 bits per heavy atom. The number of likely N-dealkylation sites (tertiary alicyclic amines) is 1. The van der Waals surface area contributed by atoms with Gasteiger partial charge >= 0.3 is 0 Å². The van der Waals surface area contributed by atoms with Crippen molar-refractivity contribution in [2.24, 2.45) is 0 Å². The number of benzene rings is 2. The highest BCUT2D eigenvalue weighted by Crippen LogP contribution is 2.32. The van der Waals surface area contributed by atoms with Gasteiger partial charge in [0.2, 0.25) is 5.91 Å². The lowest BCUT2D eigenvalue weighted by molar-refractivity contribution is -0.127. The average molecular weight is 400 g/mol. The van der Waals surface area contributed by atoms with Crippen molar-refractivity contribution >= 4 is 5.91 Å². The number of hydrogen-bond acceptors (Lipinski definition) is 4. The first-order valence-electron chi connectivity index (χ1n) is 10.3. The summed E-state index contributed by atoms with van der Waals surface area (Å²) in [6.45, 7) is 5.67. The fourth-order valence-corrected chi connectivity index (χ4v) is 3.46. The summed E-state index contributed by atoms with van der Waals surface area (Å²) in [5, 5.41) is 3.41. The summed E-state index contributed by atoms with van der Waals surface area (Å²) >= 11 is 0. The van der Waals surface area contributed by atoms with Crippen molar-refractivity contribution in [2.75, 3.05) is 26.2 Å². The van der Waals surface area contributed by atoms with Crippen molar-refractivity contribution in [1.29, 1.82) is 0 Å². The lowest BCUT2D eigenvalue weighted by Crippen LogP contribution is -2.28. The van der Waals surface area contributed by atoms with Gasteiger partial charge in [0.05, 0.1) is 6.61 Å². The minimum absolute atomic E-state index is 0.140. The number of ether oxygens (including phenoxy) is 2. The van der Waals surface area contributed by atoms with Crippen LogP contribution in [0.1, 0.15) is 37.3 Å². The second-order valence-corrected chi connectivity index (χ2v) is 7.07. The Balaban J connectivity index is 1.57. The van der Waals surface area contributed by atoms with Crippen LogP contribution in [0.5, 0.6) is 11.5 Å². The summed E-state index contributed by atoms with van der Waals surface area (Å²) in [5.41, 5.74) is 1.47. The maximum Gasteiger partial charge on any atom is 0.222 e. The Morgan fingerprint density at radius 3 is 2.69 bits per heavy atom. The molecule has 1 amide bonds. The molecule has 0 spiro atoms. The molecule has 2 aromatic carbocycles. The van der Waals surface area contributed by atoms with Crippen molar-refractivity contribution in [2.45, 2.75) is 39.3 Å². The molecule has 1 saturated heterocycles. The lowest BCUT2D eigenvalue weighted by Gasteiger charge is -2.18. The van der Waals surface area contributed by atoms with E-state index in [9.17, 15) is 9.18 Å². The van der Waals surface area contributed by atoms with E-state index >= 15 is 0 Å². The molecule has 0 radical (unpaired) electrons. The Hall–Kier alpha value is -2.60. The Morgan fingerprint density at radius 2 is 1.93 bits per heavy atom. The third kappa shape index (κ3) is 5.94. The maximum atomic E-state index is 13.9. The van der Waals surface area contributed by atoms with Gasteiger partial charge in [0.15, 0.2) is 11.5 Å². The third-order valence-corrected chi connectivity index (χ3v) is 4.96. The van der Waals surface area contributed by atoms with Gasteiger partial charge in [-0.15, -0.1) is 0 Å². The summed E-state index contributed by atoms with van der Waals surface area (Å²) in [5.74, 6) is 1.28. The summed E-state index contributed by atoms with van der Waals surface area (Å²) in [6.07, 6.45) is 2.56. The minimum atomic E-state index is -0.280. The van der Waals surface area contributed by atoms with Crippen LogP contribution in [0.4, 0.5) is 4.39 Å². The van der Waals surface area contributed by atoms with Gasteiger partial charge in [-0.25, -0.2) is 4.39 Å². The van der Waals surface area contributed by atoms with Gasteiger partial charge in [0.1, 0.15) is 12.4 Å². The van der Waals surface area contributed by atoms with E-state index in [0.29, 0.717) is 36.6 Å². The molecular formula is C23H29FN2O3. The van der Waals surface area contributed by atoms with Crippen LogP contribution in [0.25, 0.3) is 0 Å². The molecule has 0 saturated carbocycles. The first-order valence-corrected chi connectivity index (χ1v) is 10.3. The summed E-state index contributed by atoms with van der Waals surface area (Å²) in [6, 6.07) is 12.4. The second-order valence-electron chi connectivity index (χ2n) is 7.07. The SMILES string of the molecule is CCOc1cccc(CNCCCN2CCCC2=O)c1OCc1ccccc1F. The number of amides is 1. The molecule has 1 N–H and O–H groups in total. The zero-order valence-electron chi connectivity index (χ0n) is 17.0. The van der Waals surface area contributed by atoms with E-state index in [1.165, 1.54) is 6.07 Å². The monoisotopic (exact) mass is 400 g/mol. The topological polar surface area (TPSA) is 50.8 Å². The van der Waals surface area contributed by atoms with Crippen LogP contribution in [-0.4, -0.2) is 37.0 Å². The van der Waals surface area contributed by atoms with Crippen LogP contribution in [-0.2, 0) is 17.9 Å². The van der Waals surface area contributed by atoms with Crippen LogP contribution in [0.2, 0.25) is 0 Å². The molecule has 5 nitrogen and oxygen atoms in total. The number of nitrogens with one attached hydrogen (secondary N) is 1. The van der Waals surface area contributed by atoms with Crippen LogP contribution in [0, 0.1) is 5.82 Å². The van der Waals surface area contributed by atoms with Gasteiger partial charge in [-0.05, 0) is 38.4 Å². The fourth-order valence-electron chi connectivity index (χ4n) is 3.46. The van der Waals surface area contributed by atoms with E-state index < -0.39 is 0 Å². The average Bonchev–Trinajstić information content (AvgIpc) is 3.13. The molecule has 0 unspecified atom stereocenters. The first-order chi connectivity index (χ1) is 14.2. The second kappa shape index (κ2) is 10.8. The lowest BCUT2D eigenvalue weighted by atomic mass is 10.1. The van der Waals surface area contributed by atoms with Crippen molar-refractivity contribution in [3.8, 4) is 11.5 Å². The zero-order chi connectivity index (χ0) is 20.5. The molecule has 0 aliphatic carbocycles. The number of rotatable bonds is 11. The van der Waals surface area contributed by atoms with E-state index in [4.69, 9.17) is 9.47 Å². The van der Waals surface area contributed by atoms with Crippen molar-refractivity contribution in [1.82, 2.24) is 10.2 Å². The number of para-hydroxylation sites is 1. The van der Waals surface area contributed by atoms with Crippen LogP contribution < -0.4 is 14.8 Å². The predicted octanol–water partition coefficient (Wildman–Crippen LogP) is 3.91. The molecular weight excluding hydrogens is 371 g/mol. The van der Waals surface area contributed by atoms with Gasteiger partial charge in [-0.3, -0.25) is 4.79 Å². The van der Waals surface area contributed by atoms with Gasteiger partial charge in [0.25, 0.3) is 0 Å². The standard InChI is InChI=1S/C23H29FN2O3/c1-2-28-21-11-5-9-18(16-25-13-7-15-26-14-6-12-22(26)27)23(21)29-17-19-8-3-4-10-20(19)24/h3-5,8-11,25H,2,6-7,12-17H2,1H3. The van der Waals surface area contributed by atoms with Gasteiger partial charge < -0.3 is 19.7 Å². The molecule has 2 aromatic rings. The van der Waals surface area contributed by atoms with Crippen molar-refractivity contribution in [3.63, 3.8) is 0 Å². The minimum Gasteiger partial charge on any atom is -0.490 e. The number of hydrogen-bond donors (Lipinski definition) is 1. The summed E-state index contributed by atoms with van der Waals surface area (Å²) in [4.78, 5) is 13.6. The molecule has 0 bridgehead atoms. The summed E-state index contributed by atoms with van der Waals surface area (Å²) < 4.78 is 25.6. The number of nitrogens with zero attached hydrogens (tertiary/aromatic N) is 1. The molecule has 1 aliphatic rings. The predicted molar refractivity (Wildman–Crippen MR) is 110 cm³/mol. The highest BCUT2D eigenvalue weighted by atomic mass is 19.1. The van der Waals surface area contributed by atoms with E-state index in [-0.39, 0.29) is 18.3 Å². The molecule has 1 heterocycles. The number of carbonyl (C=O) groups excluding carboxylic acids is 1. The van der Waals surface area contributed by atoms with Crippen LogP contribution >= 0.6 is 0 Å². The number of carbonyl (C=O) groups is 1. The normalized spacial score (nSPS) is 13.7. The molecule has 1 aliphatic heterocycles. The van der Waals surface area contributed by atoms with Gasteiger partial charge in [-0.1, -0.05) is 30.3 Å². The quantitative estimate of drug-likeness (QED) is 0.581. The third-order valence-electron chi connectivity index (χ3n) is 4.96. The van der Waals surface area contributed by atoms with Crippen LogP contribution in [0.15, 0.2) is 42.5 Å². The molecule has 3 rings (SSSR count). The van der Waals surface area contributed by atoms with Gasteiger partial charge in [0, 0.05) is 37.2 Å². The highest BCUT2D eigenvalue weighted by Gasteiger charge is 2.19. The zero-order valence-corrected chi connectivity index (χ0v) is 17.0. The molecule has 1 fully saturated rings. The first kappa shape index (κ1) is 21.1. The van der Waals surface area contributed by atoms with E-state index in [1.54, 1.807) is 18.2 Å². The Bertz CT molecular complexity index is 812. The fraction of sp³-hybridized carbons (Fsp3) is 0.435. The van der Waals surface area contributed by atoms with Crippen LogP contribution in [0.3, 0.4) is 0 Å². The molecule has 0 aromatic heterocycles. The Kier molecular flexibility index (Phi) is 7.87. The van der Waals surface area contributed by atoms with Crippen molar-refractivity contribution < 1.29 is 18.7 Å². The number of halogens is 1. The molecule has 0 atom stereocenters. The highest BCUT2D eigenvalue weighted by molar-refractivity contribution is 5.77. The smallest absolute Gasteiger partial charge is 0.222 e. The van der Waals surface area contributed by atoms with E-state index in [2.05, 4.69) is 5.32 Å². The Labute approximate surface area is 171 Å². The van der Waals surface area contributed by atoms with E-state index in [0.717, 1.165) is 38.0 Å². The van der Waals surface area contributed by atoms with E-state index in [1.807, 2.05) is 30.0 Å². The largest absolute Gasteiger partial charge is 0.490 e. The molecule has 156 valence electrons. The maximum absolute atomic E-state index is 13.9. The van der Waals surface area contributed by atoms with Gasteiger partial charge in [-0.2, -0.15) is 0 Å². The molecule has 29 heavy (non-hydrogen) atoms.